The first-order chi connectivity index (χ1) is 15.3. The van der Waals surface area contributed by atoms with E-state index in [0.29, 0.717) is 44.3 Å². The predicted molar refractivity (Wildman–Crippen MR) is 121 cm³/mol. The Hall–Kier alpha value is -2.93. The molecule has 6 nitrogen and oxygen atoms in total. The van der Waals surface area contributed by atoms with E-state index in [4.69, 9.17) is 0 Å². The van der Waals surface area contributed by atoms with Crippen molar-refractivity contribution in [1.29, 1.82) is 0 Å². The van der Waals surface area contributed by atoms with E-state index in [1.54, 1.807) is 12.1 Å². The molecule has 7 heteroatoms. The van der Waals surface area contributed by atoms with Crippen LogP contribution in [0.15, 0.2) is 48.5 Å². The molecule has 1 aliphatic carbocycles. The molecule has 0 aromatic heterocycles. The molecule has 172 valence electrons. The summed E-state index contributed by atoms with van der Waals surface area (Å²) in [6.45, 7) is 2.00. The number of carboxylic acids is 1. The maximum absolute atomic E-state index is 13.2. The summed E-state index contributed by atoms with van der Waals surface area (Å²) in [7, 11) is 0. The minimum atomic E-state index is -1.04. The van der Waals surface area contributed by atoms with Crippen LogP contribution < -0.4 is 5.32 Å². The number of hydrogen-bond acceptors (Lipinski definition) is 4. The largest absolute Gasteiger partial charge is 0.480 e. The number of benzene rings is 2. The first-order valence-corrected chi connectivity index (χ1v) is 11.1. The maximum atomic E-state index is 13.2. The average Bonchev–Trinajstić information content (AvgIpc) is 2.94. The van der Waals surface area contributed by atoms with E-state index in [2.05, 4.69) is 5.32 Å². The van der Waals surface area contributed by atoms with Crippen LogP contribution in [-0.2, 0) is 16.0 Å². The van der Waals surface area contributed by atoms with Gasteiger partial charge in [0.2, 0.25) is 5.91 Å². The lowest BCUT2D eigenvalue weighted by molar-refractivity contribution is -0.146. The van der Waals surface area contributed by atoms with Gasteiger partial charge in [-0.05, 0) is 68.9 Å². The first-order valence-electron chi connectivity index (χ1n) is 11.1. The molecule has 0 unspecified atom stereocenters. The molecule has 1 fully saturated rings. The predicted octanol–water partition coefficient (Wildman–Crippen LogP) is 3.62. The highest BCUT2D eigenvalue weighted by molar-refractivity contribution is 5.83. The Morgan fingerprint density at radius 3 is 2.50 bits per heavy atom. The van der Waals surface area contributed by atoms with Gasteiger partial charge in [-0.25, -0.2) is 4.39 Å². The van der Waals surface area contributed by atoms with Crippen molar-refractivity contribution in [3.8, 4) is 0 Å². The van der Waals surface area contributed by atoms with Gasteiger partial charge in [0.05, 0.1) is 12.1 Å². The van der Waals surface area contributed by atoms with Crippen LogP contribution in [0.1, 0.15) is 36.8 Å². The van der Waals surface area contributed by atoms with Crippen molar-refractivity contribution in [1.82, 2.24) is 4.90 Å². The molecule has 0 radical (unpaired) electrons. The number of carboxylic acid groups (broad SMARTS) is 1. The van der Waals surface area contributed by atoms with Crippen molar-refractivity contribution in [3.05, 3.63) is 65.5 Å². The Labute approximate surface area is 188 Å². The molecule has 0 heterocycles. The molecular weight excluding hydrogens is 411 g/mol. The van der Waals surface area contributed by atoms with Gasteiger partial charge < -0.3 is 20.4 Å². The molecule has 1 aliphatic rings. The number of amides is 1. The van der Waals surface area contributed by atoms with Crippen LogP contribution >= 0.6 is 0 Å². The maximum Gasteiger partial charge on any atom is 0.323 e. The van der Waals surface area contributed by atoms with Crippen molar-refractivity contribution < 1.29 is 24.2 Å². The van der Waals surface area contributed by atoms with E-state index >= 15 is 0 Å². The summed E-state index contributed by atoms with van der Waals surface area (Å²) in [5.74, 6) is -1.87. The van der Waals surface area contributed by atoms with Crippen LogP contribution in [0.2, 0.25) is 0 Å². The lowest BCUT2D eigenvalue weighted by Crippen LogP contribution is -2.41. The van der Waals surface area contributed by atoms with E-state index in [-0.39, 0.29) is 30.2 Å². The van der Waals surface area contributed by atoms with Gasteiger partial charge in [0.1, 0.15) is 12.4 Å². The number of aliphatic carboxylic acids is 1. The van der Waals surface area contributed by atoms with Gasteiger partial charge in [-0.15, -0.1) is 0 Å². The normalized spacial score (nSPS) is 20.9. The number of nitrogens with one attached hydrogen (secondary N) is 1. The monoisotopic (exact) mass is 442 g/mol. The number of rotatable bonds is 8. The van der Waals surface area contributed by atoms with E-state index in [0.717, 1.165) is 11.1 Å². The number of anilines is 1. The lowest BCUT2D eigenvalue weighted by Gasteiger charge is -2.26. The SMILES string of the molecule is Cc1cccc(CCN(CC(=O)O)C(=O)[C@@H]2CC[C@H](Nc3ccc(F)cc3)[C@@H](O)CC2)c1. The zero-order valence-corrected chi connectivity index (χ0v) is 18.3. The lowest BCUT2D eigenvalue weighted by atomic mass is 9.98. The fourth-order valence-corrected chi connectivity index (χ4v) is 4.29. The van der Waals surface area contributed by atoms with Crippen molar-refractivity contribution in [2.75, 3.05) is 18.4 Å². The zero-order chi connectivity index (χ0) is 23.1. The number of hydrogen-bond donors (Lipinski definition) is 3. The van der Waals surface area contributed by atoms with Gasteiger partial charge >= 0.3 is 5.97 Å². The number of carbonyl (C=O) groups excluding carboxylic acids is 1. The first kappa shape index (κ1) is 23.7. The van der Waals surface area contributed by atoms with Crippen LogP contribution in [0.5, 0.6) is 0 Å². The van der Waals surface area contributed by atoms with Crippen LogP contribution in [0.4, 0.5) is 10.1 Å². The number of nitrogens with zero attached hydrogens (tertiary/aromatic N) is 1. The Morgan fingerprint density at radius 2 is 1.81 bits per heavy atom. The second kappa shape index (κ2) is 11.1. The molecule has 3 rings (SSSR count). The Morgan fingerprint density at radius 1 is 1.09 bits per heavy atom. The quantitative estimate of drug-likeness (QED) is 0.544. The number of halogens is 1. The summed E-state index contributed by atoms with van der Waals surface area (Å²) in [5.41, 5.74) is 2.90. The van der Waals surface area contributed by atoms with Crippen LogP contribution in [0, 0.1) is 18.7 Å². The molecule has 0 spiro atoms. The van der Waals surface area contributed by atoms with Gasteiger partial charge in [0, 0.05) is 18.2 Å². The summed E-state index contributed by atoms with van der Waals surface area (Å²) < 4.78 is 13.1. The molecule has 1 amide bonds. The van der Waals surface area contributed by atoms with E-state index in [9.17, 15) is 24.2 Å². The molecule has 2 aromatic rings. The molecule has 32 heavy (non-hydrogen) atoms. The van der Waals surface area contributed by atoms with Crippen molar-refractivity contribution in [2.45, 2.75) is 51.2 Å². The van der Waals surface area contributed by atoms with Crippen LogP contribution in [0.25, 0.3) is 0 Å². The molecule has 0 saturated heterocycles. The molecule has 3 atom stereocenters. The fraction of sp³-hybridized carbons (Fsp3) is 0.440. The zero-order valence-electron chi connectivity index (χ0n) is 18.3. The second-order valence-electron chi connectivity index (χ2n) is 8.57. The number of aliphatic hydroxyl groups is 1. The molecule has 0 aliphatic heterocycles. The van der Waals surface area contributed by atoms with E-state index < -0.39 is 12.1 Å². The minimum Gasteiger partial charge on any atom is -0.480 e. The molecule has 1 saturated carbocycles. The van der Waals surface area contributed by atoms with Gasteiger partial charge in [-0.1, -0.05) is 29.8 Å². The molecule has 0 bridgehead atoms. The number of aryl methyl sites for hydroxylation is 1. The smallest absolute Gasteiger partial charge is 0.323 e. The Balaban J connectivity index is 1.62. The summed E-state index contributed by atoms with van der Waals surface area (Å²) in [4.78, 5) is 26.0. The third-order valence-corrected chi connectivity index (χ3v) is 6.04. The van der Waals surface area contributed by atoms with Crippen molar-refractivity contribution in [3.63, 3.8) is 0 Å². The fourth-order valence-electron chi connectivity index (χ4n) is 4.29. The molecule has 2 aromatic carbocycles. The third-order valence-electron chi connectivity index (χ3n) is 6.04. The van der Waals surface area contributed by atoms with Gasteiger partial charge in [0.25, 0.3) is 0 Å². The Bertz CT molecular complexity index is 918. The highest BCUT2D eigenvalue weighted by atomic mass is 19.1. The van der Waals surface area contributed by atoms with E-state index in [1.165, 1.54) is 17.0 Å². The Kier molecular flexibility index (Phi) is 8.22. The number of carbonyl (C=O) groups is 2. The summed E-state index contributed by atoms with van der Waals surface area (Å²) in [5, 5.41) is 23.1. The van der Waals surface area contributed by atoms with Gasteiger partial charge in [-0.3, -0.25) is 9.59 Å². The van der Waals surface area contributed by atoms with Gasteiger partial charge in [-0.2, -0.15) is 0 Å². The molecule has 3 N–H and O–H groups in total. The highest BCUT2D eigenvalue weighted by Crippen LogP contribution is 2.28. The minimum absolute atomic E-state index is 0.172. The molecular formula is C25H31FN2O4. The van der Waals surface area contributed by atoms with Crippen molar-refractivity contribution >= 4 is 17.6 Å². The highest BCUT2D eigenvalue weighted by Gasteiger charge is 2.32. The van der Waals surface area contributed by atoms with Gasteiger partial charge in [0.15, 0.2) is 0 Å². The van der Waals surface area contributed by atoms with Crippen molar-refractivity contribution in [2.24, 2.45) is 5.92 Å². The standard InChI is InChI=1S/C25H31FN2O4/c1-17-3-2-4-18(15-17)13-14-28(16-24(30)31)25(32)19-5-11-22(23(29)12-6-19)27-21-9-7-20(26)8-10-21/h2-4,7-10,15,19,22-23,27,29H,5-6,11-14,16H2,1H3,(H,30,31)/t19-,22+,23+/m1/s1. The summed E-state index contributed by atoms with van der Waals surface area (Å²) in [6, 6.07) is 13.7. The topological polar surface area (TPSA) is 89.9 Å². The number of aliphatic hydroxyl groups excluding tert-OH is 1. The average molecular weight is 443 g/mol. The summed E-state index contributed by atoms with van der Waals surface area (Å²) >= 11 is 0. The second-order valence-corrected chi connectivity index (χ2v) is 8.57. The summed E-state index contributed by atoms with van der Waals surface area (Å²) in [6.07, 6.45) is 2.00. The van der Waals surface area contributed by atoms with Crippen LogP contribution in [0.3, 0.4) is 0 Å². The third kappa shape index (κ3) is 6.79. The van der Waals surface area contributed by atoms with E-state index in [1.807, 2.05) is 31.2 Å². The van der Waals surface area contributed by atoms with Crippen LogP contribution in [-0.4, -0.2) is 52.2 Å².